The molecule has 1 amide bonds. The molecule has 0 aliphatic carbocycles. The number of H-pyrrole nitrogens is 1. The minimum atomic E-state index is -0.329. The van der Waals surface area contributed by atoms with E-state index in [2.05, 4.69) is 25.3 Å². The number of carbonyl (C=O) groups excluding carboxylic acids is 1. The Labute approximate surface area is 150 Å². The number of aromatic nitrogens is 4. The van der Waals surface area contributed by atoms with Gasteiger partial charge in [0.05, 0.1) is 12.5 Å². The van der Waals surface area contributed by atoms with E-state index < -0.39 is 0 Å². The van der Waals surface area contributed by atoms with Crippen LogP contribution in [0.4, 0.5) is 0 Å². The highest BCUT2D eigenvalue weighted by Crippen LogP contribution is 2.13. The van der Waals surface area contributed by atoms with Crippen LogP contribution in [0.5, 0.6) is 0 Å². The number of aryl methyl sites for hydroxylation is 1. The molecule has 0 aliphatic heterocycles. The Morgan fingerprint density at radius 1 is 1.19 bits per heavy atom. The minimum Gasteiger partial charge on any atom is -0.349 e. The van der Waals surface area contributed by atoms with E-state index in [-0.39, 0.29) is 23.9 Å². The number of pyridine rings is 2. The summed E-state index contributed by atoms with van der Waals surface area (Å²) in [6.45, 7) is 3.60. The lowest BCUT2D eigenvalue weighted by Crippen LogP contribution is -2.31. The maximum Gasteiger partial charge on any atom is 0.255 e. The molecule has 3 aromatic heterocycles. The molecule has 26 heavy (non-hydrogen) atoms. The first-order chi connectivity index (χ1) is 12.5. The molecule has 1 atom stereocenters. The summed E-state index contributed by atoms with van der Waals surface area (Å²) in [6.07, 6.45) is 4.94. The van der Waals surface area contributed by atoms with Gasteiger partial charge in [0.15, 0.2) is 5.82 Å². The Kier molecular flexibility index (Phi) is 5.17. The monoisotopic (exact) mass is 349 g/mol. The molecule has 0 saturated carbocycles. The van der Waals surface area contributed by atoms with Crippen molar-refractivity contribution in [2.75, 3.05) is 0 Å². The Bertz CT molecular complexity index is 955. The van der Waals surface area contributed by atoms with Gasteiger partial charge in [0.25, 0.3) is 5.56 Å². The standard InChI is InChI=1S/C19H19N5O2/c1-12(14-6-9-20-10-7-14)22-17(25)11-15-13(2)23-18(24-19(15)26)16-5-3-4-8-21-16/h3-10,12H,11H2,1-2H3,(H,22,25)(H,23,24,26)/t12-/m0/s1. The van der Waals surface area contributed by atoms with E-state index in [9.17, 15) is 9.59 Å². The number of nitrogens with one attached hydrogen (secondary N) is 2. The molecular formula is C19H19N5O2. The second kappa shape index (κ2) is 7.69. The summed E-state index contributed by atoms with van der Waals surface area (Å²) in [5, 5.41) is 2.89. The minimum absolute atomic E-state index is 0.0356. The van der Waals surface area contributed by atoms with Crippen LogP contribution >= 0.6 is 0 Å². The summed E-state index contributed by atoms with van der Waals surface area (Å²) >= 11 is 0. The largest absolute Gasteiger partial charge is 0.349 e. The molecule has 7 heteroatoms. The van der Waals surface area contributed by atoms with Crippen LogP contribution in [0.2, 0.25) is 0 Å². The Morgan fingerprint density at radius 3 is 2.62 bits per heavy atom. The number of carbonyl (C=O) groups is 1. The normalized spacial score (nSPS) is 11.8. The van der Waals surface area contributed by atoms with Crippen molar-refractivity contribution in [3.05, 3.63) is 76.1 Å². The molecule has 0 aliphatic rings. The first-order valence-corrected chi connectivity index (χ1v) is 8.25. The van der Waals surface area contributed by atoms with E-state index in [1.165, 1.54) is 0 Å². The number of amides is 1. The summed E-state index contributed by atoms with van der Waals surface area (Å²) in [5.74, 6) is 0.151. The van der Waals surface area contributed by atoms with Gasteiger partial charge in [0, 0.05) is 29.8 Å². The van der Waals surface area contributed by atoms with Gasteiger partial charge < -0.3 is 10.3 Å². The fourth-order valence-corrected chi connectivity index (χ4v) is 2.63. The van der Waals surface area contributed by atoms with E-state index >= 15 is 0 Å². The van der Waals surface area contributed by atoms with Crippen molar-refractivity contribution >= 4 is 5.91 Å². The zero-order chi connectivity index (χ0) is 18.5. The summed E-state index contributed by atoms with van der Waals surface area (Å²) in [7, 11) is 0. The zero-order valence-corrected chi connectivity index (χ0v) is 14.6. The molecule has 0 bridgehead atoms. The van der Waals surface area contributed by atoms with Crippen LogP contribution in [0, 0.1) is 6.92 Å². The smallest absolute Gasteiger partial charge is 0.255 e. The highest BCUT2D eigenvalue weighted by atomic mass is 16.2. The van der Waals surface area contributed by atoms with Gasteiger partial charge in [-0.25, -0.2) is 4.98 Å². The van der Waals surface area contributed by atoms with Crippen LogP contribution < -0.4 is 10.9 Å². The van der Waals surface area contributed by atoms with Crippen LogP contribution in [-0.4, -0.2) is 25.8 Å². The second-order valence-corrected chi connectivity index (χ2v) is 5.94. The highest BCUT2D eigenvalue weighted by Gasteiger charge is 2.16. The number of hydrogen-bond acceptors (Lipinski definition) is 5. The quantitative estimate of drug-likeness (QED) is 0.733. The van der Waals surface area contributed by atoms with Crippen molar-refractivity contribution < 1.29 is 4.79 Å². The van der Waals surface area contributed by atoms with Gasteiger partial charge in [-0.2, -0.15) is 0 Å². The van der Waals surface area contributed by atoms with Crippen LogP contribution in [0.1, 0.15) is 29.8 Å². The van der Waals surface area contributed by atoms with Gasteiger partial charge in [-0.3, -0.25) is 19.6 Å². The van der Waals surface area contributed by atoms with Crippen molar-refractivity contribution in [1.82, 2.24) is 25.3 Å². The highest BCUT2D eigenvalue weighted by molar-refractivity contribution is 5.79. The first kappa shape index (κ1) is 17.5. The van der Waals surface area contributed by atoms with Gasteiger partial charge in [-0.05, 0) is 43.7 Å². The Morgan fingerprint density at radius 2 is 1.96 bits per heavy atom. The third-order valence-electron chi connectivity index (χ3n) is 4.05. The zero-order valence-electron chi connectivity index (χ0n) is 14.6. The lowest BCUT2D eigenvalue weighted by Gasteiger charge is -2.14. The molecule has 0 fully saturated rings. The SMILES string of the molecule is Cc1nc(-c2ccccn2)[nH]c(=O)c1CC(=O)N[C@@H](C)c1ccncc1. The predicted octanol–water partition coefficient (Wildman–Crippen LogP) is 1.96. The molecule has 2 N–H and O–H groups in total. The Hall–Kier alpha value is -3.35. The molecule has 132 valence electrons. The second-order valence-electron chi connectivity index (χ2n) is 5.94. The summed E-state index contributed by atoms with van der Waals surface area (Å²) in [5.41, 5.74) is 2.06. The third-order valence-corrected chi connectivity index (χ3v) is 4.05. The molecule has 3 rings (SSSR count). The average molecular weight is 349 g/mol. The van der Waals surface area contributed by atoms with E-state index in [0.29, 0.717) is 22.8 Å². The van der Waals surface area contributed by atoms with E-state index in [4.69, 9.17) is 0 Å². The van der Waals surface area contributed by atoms with Crippen molar-refractivity contribution in [2.24, 2.45) is 0 Å². The fraction of sp³-hybridized carbons (Fsp3) is 0.211. The molecule has 0 aromatic carbocycles. The third kappa shape index (κ3) is 4.00. The average Bonchev–Trinajstić information content (AvgIpc) is 2.66. The number of aromatic amines is 1. The molecule has 3 heterocycles. The van der Waals surface area contributed by atoms with Gasteiger partial charge in [-0.1, -0.05) is 6.07 Å². The lowest BCUT2D eigenvalue weighted by atomic mass is 10.1. The molecule has 3 aromatic rings. The van der Waals surface area contributed by atoms with E-state index in [1.807, 2.05) is 25.1 Å². The van der Waals surface area contributed by atoms with Gasteiger partial charge in [-0.15, -0.1) is 0 Å². The number of rotatable bonds is 5. The Balaban J connectivity index is 1.76. The number of nitrogens with zero attached hydrogens (tertiary/aromatic N) is 3. The lowest BCUT2D eigenvalue weighted by molar-refractivity contribution is -0.121. The molecule has 0 unspecified atom stereocenters. The summed E-state index contributed by atoms with van der Waals surface area (Å²) in [6, 6.07) is 8.88. The van der Waals surface area contributed by atoms with Crippen molar-refractivity contribution in [3.8, 4) is 11.5 Å². The molecule has 0 radical (unpaired) electrons. The molecular weight excluding hydrogens is 330 g/mol. The van der Waals surface area contributed by atoms with Crippen LogP contribution in [-0.2, 0) is 11.2 Å². The molecule has 7 nitrogen and oxygen atoms in total. The van der Waals surface area contributed by atoms with E-state index in [0.717, 1.165) is 5.56 Å². The van der Waals surface area contributed by atoms with Crippen molar-refractivity contribution in [1.29, 1.82) is 0 Å². The van der Waals surface area contributed by atoms with Gasteiger partial charge in [0.1, 0.15) is 5.69 Å². The predicted molar refractivity (Wildman–Crippen MR) is 97.3 cm³/mol. The molecule has 0 spiro atoms. The van der Waals surface area contributed by atoms with Crippen LogP contribution in [0.3, 0.4) is 0 Å². The van der Waals surface area contributed by atoms with Crippen LogP contribution in [0.15, 0.2) is 53.7 Å². The maximum absolute atomic E-state index is 12.4. The number of hydrogen-bond donors (Lipinski definition) is 2. The fourth-order valence-electron chi connectivity index (χ4n) is 2.63. The van der Waals surface area contributed by atoms with Crippen molar-refractivity contribution in [2.45, 2.75) is 26.3 Å². The van der Waals surface area contributed by atoms with E-state index in [1.54, 1.807) is 37.6 Å². The van der Waals surface area contributed by atoms with Crippen molar-refractivity contribution in [3.63, 3.8) is 0 Å². The first-order valence-electron chi connectivity index (χ1n) is 8.25. The van der Waals surface area contributed by atoms with Gasteiger partial charge in [0.2, 0.25) is 5.91 Å². The van der Waals surface area contributed by atoms with Gasteiger partial charge >= 0.3 is 0 Å². The molecule has 0 saturated heterocycles. The topological polar surface area (TPSA) is 101 Å². The summed E-state index contributed by atoms with van der Waals surface area (Å²) < 4.78 is 0. The van der Waals surface area contributed by atoms with Crippen LogP contribution in [0.25, 0.3) is 11.5 Å². The maximum atomic E-state index is 12.4. The summed E-state index contributed by atoms with van der Waals surface area (Å²) in [4.78, 5) is 40.0.